The number of aliphatic carboxylic acids is 1. The second-order valence-electron chi connectivity index (χ2n) is 8.31. The lowest BCUT2D eigenvalue weighted by molar-refractivity contribution is -0.172. The molecule has 0 aliphatic heterocycles. The lowest BCUT2D eigenvalue weighted by Crippen LogP contribution is -2.53. The second kappa shape index (κ2) is 5.97. The van der Waals surface area contributed by atoms with E-state index in [0.29, 0.717) is 38.5 Å². The Morgan fingerprint density at radius 3 is 1.67 bits per heavy atom. The van der Waals surface area contributed by atoms with Crippen molar-refractivity contribution in [1.82, 2.24) is 0 Å². The maximum absolute atomic E-state index is 13.0. The number of Topliss-reactive ketones (excluding diaryl/α,β-unsaturated/α-hetero) is 2. The largest absolute Gasteiger partial charge is 0.481 e. The molecular weight excluding hydrogens is 312 g/mol. The van der Waals surface area contributed by atoms with Gasteiger partial charge in [0.05, 0.1) is 5.41 Å². The van der Waals surface area contributed by atoms with Crippen LogP contribution in [0, 0.1) is 16.7 Å². The molecule has 0 aromatic carbocycles. The summed E-state index contributed by atoms with van der Waals surface area (Å²) >= 11 is 0. The number of carbonyl (C=O) groups excluding carboxylic acids is 3. The van der Waals surface area contributed by atoms with Gasteiger partial charge in [0.15, 0.2) is 17.5 Å². The third-order valence-electron chi connectivity index (χ3n) is 5.53. The van der Waals surface area contributed by atoms with Crippen LogP contribution in [0.3, 0.4) is 0 Å². The van der Waals surface area contributed by atoms with E-state index in [1.807, 2.05) is 0 Å². The smallest absolute Gasteiger partial charge is 0.324 e. The van der Waals surface area contributed by atoms with Crippen LogP contribution in [0.5, 0.6) is 0 Å². The summed E-state index contributed by atoms with van der Waals surface area (Å²) in [5.74, 6) is -3.90. The fourth-order valence-corrected chi connectivity index (χ4v) is 4.00. The highest BCUT2D eigenvalue weighted by atomic mass is 16.6. The van der Waals surface area contributed by atoms with Crippen molar-refractivity contribution < 1.29 is 29.0 Å². The second-order valence-corrected chi connectivity index (χ2v) is 8.31. The highest BCUT2D eigenvalue weighted by Gasteiger charge is 2.58. The van der Waals surface area contributed by atoms with E-state index in [-0.39, 0.29) is 5.78 Å². The van der Waals surface area contributed by atoms with Crippen molar-refractivity contribution in [1.29, 1.82) is 0 Å². The first kappa shape index (κ1) is 18.6. The van der Waals surface area contributed by atoms with Crippen molar-refractivity contribution >= 4 is 23.5 Å². The Morgan fingerprint density at radius 1 is 0.917 bits per heavy atom. The Bertz CT molecular complexity index is 558. The molecule has 0 aromatic heterocycles. The van der Waals surface area contributed by atoms with Gasteiger partial charge in [0.1, 0.15) is 5.60 Å². The minimum atomic E-state index is -1.40. The summed E-state index contributed by atoms with van der Waals surface area (Å²) in [6.07, 6.45) is 2.53. The molecule has 1 unspecified atom stereocenters. The van der Waals surface area contributed by atoms with E-state index < -0.39 is 40.1 Å². The van der Waals surface area contributed by atoms with E-state index in [2.05, 4.69) is 0 Å². The molecular formula is C18H26O6. The molecule has 3 aliphatic carbocycles. The number of fused-ring (bicyclic) bond motifs is 3. The van der Waals surface area contributed by atoms with Gasteiger partial charge in [0, 0.05) is 5.41 Å². The molecule has 0 heterocycles. The van der Waals surface area contributed by atoms with Gasteiger partial charge in [-0.05, 0) is 66.2 Å². The number of carboxylic acid groups (broad SMARTS) is 1. The standard InChI is InChI=1S/C18H26O6/c1-11(19)12(14(21)24-16(2,3)4)13(20)17-5-8-18(9-6-17,10-7-17)15(22)23/h12H,5-10H2,1-4H3,(H,22,23). The molecule has 0 aromatic rings. The van der Waals surface area contributed by atoms with E-state index in [1.54, 1.807) is 20.8 Å². The predicted octanol–water partition coefficient (Wildman–Crippen LogP) is 2.53. The number of rotatable bonds is 5. The minimum absolute atomic E-state index is 0.386. The van der Waals surface area contributed by atoms with Crippen molar-refractivity contribution in [3.63, 3.8) is 0 Å². The third kappa shape index (κ3) is 3.23. The Morgan fingerprint density at radius 2 is 1.33 bits per heavy atom. The van der Waals surface area contributed by atoms with Crippen LogP contribution < -0.4 is 0 Å². The Labute approximate surface area is 141 Å². The van der Waals surface area contributed by atoms with Gasteiger partial charge < -0.3 is 9.84 Å². The number of hydrogen-bond acceptors (Lipinski definition) is 5. The van der Waals surface area contributed by atoms with E-state index in [1.165, 1.54) is 6.92 Å². The van der Waals surface area contributed by atoms with Crippen molar-refractivity contribution in [3.05, 3.63) is 0 Å². The number of esters is 1. The predicted molar refractivity (Wildman–Crippen MR) is 85.2 cm³/mol. The van der Waals surface area contributed by atoms with Gasteiger partial charge in [-0.2, -0.15) is 0 Å². The van der Waals surface area contributed by atoms with Crippen molar-refractivity contribution in [3.8, 4) is 0 Å². The number of carbonyl (C=O) groups is 4. The molecule has 0 amide bonds. The molecule has 6 nitrogen and oxygen atoms in total. The zero-order valence-corrected chi connectivity index (χ0v) is 14.8. The fourth-order valence-electron chi connectivity index (χ4n) is 4.00. The zero-order chi connectivity index (χ0) is 18.3. The lowest BCUT2D eigenvalue weighted by atomic mass is 9.51. The molecule has 3 rings (SSSR count). The topological polar surface area (TPSA) is 97.7 Å². The first-order valence-electron chi connectivity index (χ1n) is 8.44. The van der Waals surface area contributed by atoms with E-state index in [9.17, 15) is 24.3 Å². The quantitative estimate of drug-likeness (QED) is 0.611. The Balaban J connectivity index is 2.22. The fraction of sp³-hybridized carbons (Fsp3) is 0.778. The average molecular weight is 338 g/mol. The maximum atomic E-state index is 13.0. The molecule has 6 heteroatoms. The number of ether oxygens (including phenoxy) is 1. The first-order chi connectivity index (χ1) is 10.9. The summed E-state index contributed by atoms with van der Waals surface area (Å²) in [4.78, 5) is 48.9. The molecule has 3 aliphatic rings. The van der Waals surface area contributed by atoms with E-state index in [0.717, 1.165) is 0 Å². The van der Waals surface area contributed by atoms with Crippen LogP contribution in [0.4, 0.5) is 0 Å². The van der Waals surface area contributed by atoms with Crippen molar-refractivity contribution in [2.45, 2.75) is 71.8 Å². The Kier molecular flexibility index (Phi) is 4.63. The van der Waals surface area contributed by atoms with Gasteiger partial charge >= 0.3 is 11.9 Å². The summed E-state index contributed by atoms with van der Waals surface area (Å²) in [6.45, 7) is 6.30. The summed E-state index contributed by atoms with van der Waals surface area (Å²) in [7, 11) is 0. The Hall–Kier alpha value is -1.72. The summed E-state index contributed by atoms with van der Waals surface area (Å²) in [6, 6.07) is 0. The molecule has 3 saturated carbocycles. The van der Waals surface area contributed by atoms with Crippen LogP contribution in [0.2, 0.25) is 0 Å². The van der Waals surface area contributed by atoms with Crippen LogP contribution in [0.1, 0.15) is 66.2 Å². The number of carboxylic acids is 1. The van der Waals surface area contributed by atoms with Gasteiger partial charge in [-0.1, -0.05) is 0 Å². The van der Waals surface area contributed by atoms with Gasteiger partial charge in [0.2, 0.25) is 0 Å². The molecule has 0 radical (unpaired) electrons. The molecule has 134 valence electrons. The third-order valence-corrected chi connectivity index (χ3v) is 5.53. The van der Waals surface area contributed by atoms with Crippen LogP contribution in [-0.2, 0) is 23.9 Å². The highest BCUT2D eigenvalue weighted by Crippen LogP contribution is 2.58. The zero-order valence-electron chi connectivity index (χ0n) is 14.8. The van der Waals surface area contributed by atoms with E-state index >= 15 is 0 Å². The molecule has 0 saturated heterocycles. The summed E-state index contributed by atoms with van der Waals surface area (Å²) in [5, 5.41) is 9.44. The van der Waals surface area contributed by atoms with Gasteiger partial charge in [-0.3, -0.25) is 19.2 Å². The monoisotopic (exact) mass is 338 g/mol. The van der Waals surface area contributed by atoms with Gasteiger partial charge in [-0.15, -0.1) is 0 Å². The molecule has 1 atom stereocenters. The first-order valence-corrected chi connectivity index (χ1v) is 8.44. The van der Waals surface area contributed by atoms with Crippen LogP contribution >= 0.6 is 0 Å². The normalized spacial score (nSPS) is 30.5. The van der Waals surface area contributed by atoms with Crippen LogP contribution in [0.25, 0.3) is 0 Å². The number of ketones is 2. The van der Waals surface area contributed by atoms with Gasteiger partial charge in [0.25, 0.3) is 0 Å². The van der Waals surface area contributed by atoms with Crippen molar-refractivity contribution in [2.75, 3.05) is 0 Å². The highest BCUT2D eigenvalue weighted by molar-refractivity contribution is 6.18. The summed E-state index contributed by atoms with van der Waals surface area (Å²) < 4.78 is 5.26. The lowest BCUT2D eigenvalue weighted by Gasteiger charge is -2.50. The SMILES string of the molecule is CC(=O)C(C(=O)OC(C)(C)C)C(=O)C12CCC(C(=O)O)(CC1)CC2. The number of hydrogen-bond donors (Lipinski definition) is 1. The van der Waals surface area contributed by atoms with Crippen LogP contribution in [-0.4, -0.2) is 34.2 Å². The average Bonchev–Trinajstić information content (AvgIpc) is 2.46. The van der Waals surface area contributed by atoms with Crippen molar-refractivity contribution in [2.24, 2.45) is 16.7 Å². The van der Waals surface area contributed by atoms with Gasteiger partial charge in [-0.25, -0.2) is 0 Å². The maximum Gasteiger partial charge on any atom is 0.324 e. The summed E-state index contributed by atoms with van der Waals surface area (Å²) in [5.41, 5.74) is -2.27. The van der Waals surface area contributed by atoms with Crippen LogP contribution in [0.15, 0.2) is 0 Å². The minimum Gasteiger partial charge on any atom is -0.481 e. The molecule has 2 bridgehead atoms. The molecule has 24 heavy (non-hydrogen) atoms. The molecule has 1 N–H and O–H groups in total. The molecule has 3 fully saturated rings. The molecule has 0 spiro atoms. The van der Waals surface area contributed by atoms with E-state index in [4.69, 9.17) is 4.74 Å².